The van der Waals surface area contributed by atoms with Crippen molar-refractivity contribution in [2.45, 2.75) is 13.8 Å². The summed E-state index contributed by atoms with van der Waals surface area (Å²) in [5.41, 5.74) is 4.37. The number of hydrogen-bond donors (Lipinski definition) is 1. The van der Waals surface area contributed by atoms with Crippen molar-refractivity contribution in [1.82, 2.24) is 15.0 Å². The predicted molar refractivity (Wildman–Crippen MR) is 93.8 cm³/mol. The van der Waals surface area contributed by atoms with Gasteiger partial charge in [0.15, 0.2) is 5.82 Å². The Kier molecular flexibility index (Phi) is 4.48. The number of nitrogens with one attached hydrogen (secondary N) is 1. The molecule has 6 nitrogen and oxygen atoms in total. The van der Waals surface area contributed by atoms with Gasteiger partial charge in [0.1, 0.15) is 0 Å². The Morgan fingerprint density at radius 2 is 1.92 bits per heavy atom. The molecule has 0 bridgehead atoms. The topological polar surface area (TPSA) is 91.6 Å². The molecule has 3 aromatic rings. The molecule has 0 atom stereocenters. The molecule has 2 aromatic heterocycles. The van der Waals surface area contributed by atoms with Gasteiger partial charge in [-0.2, -0.15) is 5.26 Å². The van der Waals surface area contributed by atoms with E-state index >= 15 is 0 Å². The minimum Gasteiger partial charge on any atom is -0.305 e. The van der Waals surface area contributed by atoms with Gasteiger partial charge < -0.3 is 5.32 Å². The first kappa shape index (κ1) is 16.3. The summed E-state index contributed by atoms with van der Waals surface area (Å²) >= 11 is 0. The Bertz CT molecular complexity index is 974. The van der Waals surface area contributed by atoms with E-state index < -0.39 is 0 Å². The van der Waals surface area contributed by atoms with E-state index in [0.29, 0.717) is 22.6 Å². The van der Waals surface area contributed by atoms with Crippen molar-refractivity contribution in [3.63, 3.8) is 0 Å². The summed E-state index contributed by atoms with van der Waals surface area (Å²) in [7, 11) is 0. The van der Waals surface area contributed by atoms with Crippen LogP contribution in [0.1, 0.15) is 27.0 Å². The normalized spacial score (nSPS) is 10.1. The highest BCUT2D eigenvalue weighted by molar-refractivity contribution is 6.04. The zero-order valence-corrected chi connectivity index (χ0v) is 13.8. The van der Waals surface area contributed by atoms with Gasteiger partial charge in [0.05, 0.1) is 29.7 Å². The number of aryl methyl sites for hydroxylation is 2. The fraction of sp³-hybridized carbons (Fsp3) is 0.105. The van der Waals surface area contributed by atoms with Crippen LogP contribution in [0.5, 0.6) is 0 Å². The van der Waals surface area contributed by atoms with E-state index in [2.05, 4.69) is 26.3 Å². The average Bonchev–Trinajstić information content (AvgIpc) is 2.63. The number of pyridine rings is 1. The van der Waals surface area contributed by atoms with Crippen molar-refractivity contribution in [2.24, 2.45) is 0 Å². The Morgan fingerprint density at radius 3 is 2.60 bits per heavy atom. The monoisotopic (exact) mass is 329 g/mol. The van der Waals surface area contributed by atoms with Crippen molar-refractivity contribution in [3.05, 3.63) is 71.3 Å². The number of nitrogens with zero attached hydrogens (tertiary/aromatic N) is 4. The number of carbonyl (C=O) groups excluding carboxylic acids is 1. The van der Waals surface area contributed by atoms with Gasteiger partial charge in [-0.15, -0.1) is 0 Å². The molecule has 2 heterocycles. The molecule has 0 saturated carbocycles. The highest BCUT2D eigenvalue weighted by Crippen LogP contribution is 2.22. The Labute approximate surface area is 145 Å². The summed E-state index contributed by atoms with van der Waals surface area (Å²) < 4.78 is 0. The van der Waals surface area contributed by atoms with E-state index in [4.69, 9.17) is 5.26 Å². The zero-order chi connectivity index (χ0) is 17.8. The molecule has 0 aliphatic rings. The number of nitriles is 1. The van der Waals surface area contributed by atoms with Crippen LogP contribution in [0, 0.1) is 25.2 Å². The minimum absolute atomic E-state index is 0.260. The molecule has 1 aromatic carbocycles. The van der Waals surface area contributed by atoms with Gasteiger partial charge in [-0.1, -0.05) is 6.07 Å². The number of benzene rings is 1. The molecule has 6 heteroatoms. The molecule has 0 saturated heterocycles. The van der Waals surface area contributed by atoms with E-state index in [-0.39, 0.29) is 5.91 Å². The molecule has 1 amide bonds. The first-order chi connectivity index (χ1) is 12.1. The molecule has 0 aliphatic heterocycles. The Morgan fingerprint density at radius 1 is 1.08 bits per heavy atom. The zero-order valence-electron chi connectivity index (χ0n) is 13.8. The van der Waals surface area contributed by atoms with Gasteiger partial charge in [-0.25, -0.2) is 4.98 Å². The average molecular weight is 329 g/mol. The van der Waals surface area contributed by atoms with Gasteiger partial charge in [-0.3, -0.25) is 14.8 Å². The first-order valence-corrected chi connectivity index (χ1v) is 7.63. The van der Waals surface area contributed by atoms with Crippen LogP contribution in [0.3, 0.4) is 0 Å². The second kappa shape index (κ2) is 6.89. The van der Waals surface area contributed by atoms with Gasteiger partial charge in [-0.05, 0) is 43.2 Å². The maximum absolute atomic E-state index is 12.3. The van der Waals surface area contributed by atoms with Gasteiger partial charge in [0, 0.05) is 23.5 Å². The number of aromatic nitrogens is 3. The van der Waals surface area contributed by atoms with E-state index in [9.17, 15) is 4.79 Å². The Balaban J connectivity index is 1.83. The van der Waals surface area contributed by atoms with Crippen LogP contribution in [-0.4, -0.2) is 20.9 Å². The fourth-order valence-corrected chi connectivity index (χ4v) is 2.41. The molecular formula is C19H15N5O. The largest absolute Gasteiger partial charge is 0.305 e. The van der Waals surface area contributed by atoms with Crippen molar-refractivity contribution in [2.75, 3.05) is 5.32 Å². The summed E-state index contributed by atoms with van der Waals surface area (Å²) in [4.78, 5) is 24.9. The fourth-order valence-electron chi connectivity index (χ4n) is 2.41. The second-order valence-electron chi connectivity index (χ2n) is 5.57. The maximum atomic E-state index is 12.3. The van der Waals surface area contributed by atoms with Crippen LogP contribution >= 0.6 is 0 Å². The summed E-state index contributed by atoms with van der Waals surface area (Å²) in [6.45, 7) is 3.77. The van der Waals surface area contributed by atoms with Gasteiger partial charge in [0.2, 0.25) is 0 Å². The maximum Gasteiger partial charge on any atom is 0.257 e. The molecular weight excluding hydrogens is 314 g/mol. The van der Waals surface area contributed by atoms with Crippen molar-refractivity contribution in [1.29, 1.82) is 5.26 Å². The SMILES string of the molecule is Cc1cnccc1C(=O)Nc1cnc(-c2cc(C#N)ccc2C)cn1. The third-order valence-electron chi connectivity index (χ3n) is 3.80. The summed E-state index contributed by atoms with van der Waals surface area (Å²) in [5.74, 6) is 0.101. The molecule has 0 unspecified atom stereocenters. The standard InChI is InChI=1S/C19H15N5O/c1-12-3-4-14(8-20)7-16(12)17-10-23-18(11-22-17)24-19(25)15-5-6-21-9-13(15)2/h3-7,9-11H,1-2H3,(H,23,24,25). The highest BCUT2D eigenvalue weighted by atomic mass is 16.1. The lowest BCUT2D eigenvalue weighted by Crippen LogP contribution is -2.14. The number of amides is 1. The number of rotatable bonds is 3. The summed E-state index contributed by atoms with van der Waals surface area (Å²) in [6.07, 6.45) is 6.29. The third-order valence-corrected chi connectivity index (χ3v) is 3.80. The highest BCUT2D eigenvalue weighted by Gasteiger charge is 2.11. The smallest absolute Gasteiger partial charge is 0.257 e. The predicted octanol–water partition coefficient (Wildman–Crippen LogP) is 3.28. The molecule has 0 fully saturated rings. The molecule has 0 radical (unpaired) electrons. The molecule has 3 rings (SSSR count). The second-order valence-corrected chi connectivity index (χ2v) is 5.57. The third kappa shape index (κ3) is 3.51. The van der Waals surface area contributed by atoms with Crippen LogP contribution in [0.2, 0.25) is 0 Å². The van der Waals surface area contributed by atoms with Crippen LogP contribution in [0.15, 0.2) is 49.1 Å². The minimum atomic E-state index is -0.260. The van der Waals surface area contributed by atoms with Crippen LogP contribution < -0.4 is 5.32 Å². The van der Waals surface area contributed by atoms with Crippen molar-refractivity contribution < 1.29 is 4.79 Å². The van der Waals surface area contributed by atoms with E-state index in [1.165, 1.54) is 6.20 Å². The molecule has 122 valence electrons. The van der Waals surface area contributed by atoms with Gasteiger partial charge in [0.25, 0.3) is 5.91 Å². The summed E-state index contributed by atoms with van der Waals surface area (Å²) in [5, 5.41) is 11.8. The first-order valence-electron chi connectivity index (χ1n) is 7.63. The van der Waals surface area contributed by atoms with Crippen LogP contribution in [0.4, 0.5) is 5.82 Å². The lowest BCUT2D eigenvalue weighted by atomic mass is 10.0. The number of anilines is 1. The van der Waals surface area contributed by atoms with E-state index in [0.717, 1.165) is 16.7 Å². The van der Waals surface area contributed by atoms with Crippen molar-refractivity contribution in [3.8, 4) is 17.3 Å². The van der Waals surface area contributed by atoms with Crippen molar-refractivity contribution >= 4 is 11.7 Å². The lowest BCUT2D eigenvalue weighted by Gasteiger charge is -2.08. The van der Waals surface area contributed by atoms with E-state index in [1.807, 2.05) is 19.9 Å². The molecule has 0 spiro atoms. The Hall–Kier alpha value is -3.59. The van der Waals surface area contributed by atoms with Crippen LogP contribution in [-0.2, 0) is 0 Å². The quantitative estimate of drug-likeness (QED) is 0.796. The molecule has 0 aliphatic carbocycles. The number of hydrogen-bond acceptors (Lipinski definition) is 5. The van der Waals surface area contributed by atoms with Gasteiger partial charge >= 0.3 is 0 Å². The molecule has 1 N–H and O–H groups in total. The molecule has 25 heavy (non-hydrogen) atoms. The van der Waals surface area contributed by atoms with Crippen LogP contribution in [0.25, 0.3) is 11.3 Å². The lowest BCUT2D eigenvalue weighted by molar-refractivity contribution is 0.102. The summed E-state index contributed by atoms with van der Waals surface area (Å²) in [6, 6.07) is 9.18. The van der Waals surface area contributed by atoms with E-state index in [1.54, 1.807) is 36.8 Å². The number of carbonyl (C=O) groups is 1.